The molecule has 2 aliphatic rings. The summed E-state index contributed by atoms with van der Waals surface area (Å²) in [5, 5.41) is 0. The Morgan fingerprint density at radius 1 is 1.33 bits per heavy atom. The van der Waals surface area contributed by atoms with Crippen molar-refractivity contribution in [1.82, 2.24) is 4.90 Å². The molecule has 0 aromatic heterocycles. The topological polar surface area (TPSA) is 64.5 Å². The molecule has 2 unspecified atom stereocenters. The maximum Gasteiger partial charge on any atom is 0.399 e. The molecule has 4 N–H and O–H groups in total. The standard InChI is InChI=1S/C14H22F3N3O/c15-14(16,17)13(10-11(18)2-3-12(13)19)4-1-5-20-6-8-21-9-7-20/h2-3,10,12H,1,4-9,18-19H2. The SMILES string of the molecule is NC1=CC(CCCN2CCOCC2)(C(F)(F)F)C(N)C=C1. The number of hydrogen-bond acceptors (Lipinski definition) is 4. The smallest absolute Gasteiger partial charge is 0.399 e. The van der Waals surface area contributed by atoms with Gasteiger partial charge in [0.25, 0.3) is 0 Å². The molecule has 0 aromatic carbocycles. The van der Waals surface area contributed by atoms with Crippen LogP contribution in [0.5, 0.6) is 0 Å². The van der Waals surface area contributed by atoms with Crippen molar-refractivity contribution in [1.29, 1.82) is 0 Å². The minimum absolute atomic E-state index is 0.0555. The van der Waals surface area contributed by atoms with Crippen LogP contribution in [-0.2, 0) is 4.74 Å². The molecule has 1 fully saturated rings. The molecule has 2 rings (SSSR count). The fourth-order valence-electron chi connectivity index (χ4n) is 2.90. The first-order valence-electron chi connectivity index (χ1n) is 7.14. The van der Waals surface area contributed by atoms with Crippen LogP contribution in [0.15, 0.2) is 23.9 Å². The highest BCUT2D eigenvalue weighted by Gasteiger charge is 2.56. The number of halogens is 3. The van der Waals surface area contributed by atoms with E-state index in [4.69, 9.17) is 16.2 Å². The summed E-state index contributed by atoms with van der Waals surface area (Å²) >= 11 is 0. The normalized spacial score (nSPS) is 31.2. The Bertz CT molecular complexity index is 416. The minimum atomic E-state index is -4.41. The van der Waals surface area contributed by atoms with Gasteiger partial charge >= 0.3 is 6.18 Å². The molecule has 0 amide bonds. The Hall–Kier alpha value is -1.05. The second-order valence-electron chi connectivity index (χ2n) is 5.62. The summed E-state index contributed by atoms with van der Waals surface area (Å²) in [6.45, 7) is 3.43. The number of hydrogen-bond donors (Lipinski definition) is 2. The largest absolute Gasteiger partial charge is 0.399 e. The highest BCUT2D eigenvalue weighted by atomic mass is 19.4. The third-order valence-electron chi connectivity index (χ3n) is 4.21. The lowest BCUT2D eigenvalue weighted by molar-refractivity contribution is -0.212. The highest BCUT2D eigenvalue weighted by Crippen LogP contribution is 2.47. The van der Waals surface area contributed by atoms with E-state index in [2.05, 4.69) is 4.90 Å². The summed E-state index contributed by atoms with van der Waals surface area (Å²) in [5.41, 5.74) is 9.38. The molecule has 0 aromatic rings. The Kier molecular flexibility index (Phi) is 4.95. The van der Waals surface area contributed by atoms with Crippen molar-refractivity contribution in [2.45, 2.75) is 25.1 Å². The van der Waals surface area contributed by atoms with E-state index in [1.165, 1.54) is 12.2 Å². The van der Waals surface area contributed by atoms with Crippen molar-refractivity contribution in [3.8, 4) is 0 Å². The quantitative estimate of drug-likeness (QED) is 0.824. The Balaban J connectivity index is 2.02. The third-order valence-corrected chi connectivity index (χ3v) is 4.21. The van der Waals surface area contributed by atoms with Gasteiger partial charge in [-0.25, -0.2) is 0 Å². The number of nitrogens with zero attached hydrogens (tertiary/aromatic N) is 1. The van der Waals surface area contributed by atoms with Crippen molar-refractivity contribution in [3.63, 3.8) is 0 Å². The van der Waals surface area contributed by atoms with Crippen LogP contribution in [0.4, 0.5) is 13.2 Å². The van der Waals surface area contributed by atoms with Crippen LogP contribution in [0.3, 0.4) is 0 Å². The molecule has 7 heteroatoms. The van der Waals surface area contributed by atoms with Crippen molar-refractivity contribution >= 4 is 0 Å². The molecule has 0 radical (unpaired) electrons. The highest BCUT2D eigenvalue weighted by molar-refractivity contribution is 5.30. The number of rotatable bonds is 4. The Labute approximate surface area is 122 Å². The number of morpholine rings is 1. The van der Waals surface area contributed by atoms with E-state index < -0.39 is 17.6 Å². The van der Waals surface area contributed by atoms with E-state index in [0.717, 1.165) is 19.2 Å². The lowest BCUT2D eigenvalue weighted by Gasteiger charge is -2.39. The number of ether oxygens (including phenoxy) is 1. The lowest BCUT2D eigenvalue weighted by Crippen LogP contribution is -2.51. The molecule has 120 valence electrons. The van der Waals surface area contributed by atoms with Crippen molar-refractivity contribution in [2.24, 2.45) is 16.9 Å². The van der Waals surface area contributed by atoms with Crippen LogP contribution in [0.2, 0.25) is 0 Å². The van der Waals surface area contributed by atoms with Crippen LogP contribution >= 0.6 is 0 Å². The van der Waals surface area contributed by atoms with Crippen LogP contribution in [0.1, 0.15) is 12.8 Å². The lowest BCUT2D eigenvalue weighted by atomic mass is 9.73. The second-order valence-corrected chi connectivity index (χ2v) is 5.62. The van der Waals surface area contributed by atoms with Crippen LogP contribution < -0.4 is 11.5 Å². The first-order valence-corrected chi connectivity index (χ1v) is 7.14. The van der Waals surface area contributed by atoms with Gasteiger partial charge in [0.05, 0.1) is 13.2 Å². The van der Waals surface area contributed by atoms with Crippen LogP contribution in [0, 0.1) is 5.41 Å². The van der Waals surface area contributed by atoms with E-state index in [1.807, 2.05) is 0 Å². The van der Waals surface area contributed by atoms with Gasteiger partial charge in [-0.1, -0.05) is 6.08 Å². The Morgan fingerprint density at radius 3 is 2.62 bits per heavy atom. The number of allylic oxidation sites excluding steroid dienone is 1. The summed E-state index contributed by atoms with van der Waals surface area (Å²) in [6.07, 6.45) is -0.178. The fraction of sp³-hybridized carbons (Fsp3) is 0.714. The van der Waals surface area contributed by atoms with Crippen LogP contribution in [0.25, 0.3) is 0 Å². The summed E-state index contributed by atoms with van der Waals surface area (Å²) in [5.74, 6) is 0. The monoisotopic (exact) mass is 305 g/mol. The molecule has 2 atom stereocenters. The van der Waals surface area contributed by atoms with Gasteiger partial charge in [0, 0.05) is 24.8 Å². The van der Waals surface area contributed by atoms with E-state index in [0.29, 0.717) is 26.2 Å². The first kappa shape index (κ1) is 16.3. The van der Waals surface area contributed by atoms with Gasteiger partial charge in [0.2, 0.25) is 0 Å². The van der Waals surface area contributed by atoms with E-state index in [1.54, 1.807) is 0 Å². The molecular weight excluding hydrogens is 283 g/mol. The van der Waals surface area contributed by atoms with Gasteiger partial charge in [-0.15, -0.1) is 0 Å². The summed E-state index contributed by atoms with van der Waals surface area (Å²) < 4.78 is 45.8. The Morgan fingerprint density at radius 2 is 2.00 bits per heavy atom. The first-order chi connectivity index (χ1) is 9.85. The molecule has 21 heavy (non-hydrogen) atoms. The summed E-state index contributed by atoms with van der Waals surface area (Å²) in [6, 6.07) is -1.09. The van der Waals surface area contributed by atoms with Gasteiger partial charge in [0.1, 0.15) is 5.41 Å². The zero-order valence-electron chi connectivity index (χ0n) is 11.9. The second kappa shape index (κ2) is 6.37. The zero-order chi connectivity index (χ0) is 15.5. The molecule has 1 aliphatic carbocycles. The van der Waals surface area contributed by atoms with Gasteiger partial charge in [0.15, 0.2) is 0 Å². The van der Waals surface area contributed by atoms with Gasteiger partial charge in [-0.2, -0.15) is 13.2 Å². The van der Waals surface area contributed by atoms with Crippen LogP contribution in [-0.4, -0.2) is 50.0 Å². The average Bonchev–Trinajstić information content (AvgIpc) is 2.42. The maximum atomic E-state index is 13.5. The van der Waals surface area contributed by atoms with Gasteiger partial charge in [-0.3, -0.25) is 4.90 Å². The van der Waals surface area contributed by atoms with Gasteiger partial charge < -0.3 is 16.2 Å². The predicted octanol–water partition coefficient (Wildman–Crippen LogP) is 1.39. The van der Waals surface area contributed by atoms with E-state index in [-0.39, 0.29) is 12.1 Å². The van der Waals surface area contributed by atoms with Gasteiger partial charge in [-0.05, 0) is 31.5 Å². The van der Waals surface area contributed by atoms with Crippen molar-refractivity contribution < 1.29 is 17.9 Å². The maximum absolute atomic E-state index is 13.5. The molecular formula is C14H22F3N3O. The molecule has 0 spiro atoms. The van der Waals surface area contributed by atoms with Crippen molar-refractivity contribution in [3.05, 3.63) is 23.9 Å². The zero-order valence-corrected chi connectivity index (χ0v) is 11.9. The number of alkyl halides is 3. The minimum Gasteiger partial charge on any atom is -0.399 e. The van der Waals surface area contributed by atoms with E-state index >= 15 is 0 Å². The van der Waals surface area contributed by atoms with E-state index in [9.17, 15) is 13.2 Å². The predicted molar refractivity (Wildman–Crippen MR) is 74.4 cm³/mol. The molecule has 4 nitrogen and oxygen atoms in total. The molecule has 1 aliphatic heterocycles. The van der Waals surface area contributed by atoms with Crippen molar-refractivity contribution in [2.75, 3.05) is 32.8 Å². The average molecular weight is 305 g/mol. The molecule has 0 bridgehead atoms. The molecule has 1 saturated heterocycles. The fourth-order valence-corrected chi connectivity index (χ4v) is 2.90. The molecule has 0 saturated carbocycles. The summed E-state index contributed by atoms with van der Waals surface area (Å²) in [4.78, 5) is 2.12. The summed E-state index contributed by atoms with van der Waals surface area (Å²) in [7, 11) is 0. The molecule has 1 heterocycles. The third kappa shape index (κ3) is 3.59. The number of nitrogens with two attached hydrogens (primary N) is 2.